The van der Waals surface area contributed by atoms with E-state index in [1.54, 1.807) is 13.2 Å². The number of hydrogen-bond donors (Lipinski definition) is 1. The van der Waals surface area contributed by atoms with Crippen molar-refractivity contribution in [1.29, 1.82) is 0 Å². The Kier molecular flexibility index (Phi) is 4.13. The fourth-order valence-electron chi connectivity index (χ4n) is 4.77. The number of carbonyl (C=O) groups is 2. The van der Waals surface area contributed by atoms with Crippen LogP contribution in [0.3, 0.4) is 0 Å². The lowest BCUT2D eigenvalue weighted by Crippen LogP contribution is -2.34. The normalized spacial score (nSPS) is 26.7. The molecule has 2 aromatic rings. The molecular weight excluding hydrogens is 328 g/mol. The van der Waals surface area contributed by atoms with Gasteiger partial charge >= 0.3 is 5.97 Å². The maximum atomic E-state index is 13.2. The summed E-state index contributed by atoms with van der Waals surface area (Å²) in [5, 5.41) is 9.93. The molecule has 1 saturated carbocycles. The summed E-state index contributed by atoms with van der Waals surface area (Å²) in [5.74, 6) is -0.512. The van der Waals surface area contributed by atoms with Crippen molar-refractivity contribution in [3.05, 3.63) is 59.5 Å². The molecule has 1 N–H and O–H groups in total. The Morgan fingerprint density at radius 1 is 1.12 bits per heavy atom. The zero-order chi connectivity index (χ0) is 19.3. The Morgan fingerprint density at radius 3 is 2.23 bits per heavy atom. The van der Waals surface area contributed by atoms with Crippen molar-refractivity contribution in [2.45, 2.75) is 46.5 Å². The summed E-state index contributed by atoms with van der Waals surface area (Å²) >= 11 is 0. The molecule has 0 amide bonds. The number of Topliss-reactive ketones (excluding diaryl/α,β-unsaturated/α-hetero) is 1. The monoisotopic (exact) mass is 354 g/mol. The van der Waals surface area contributed by atoms with E-state index in [0.717, 1.165) is 11.3 Å². The lowest BCUT2D eigenvalue weighted by atomic mass is 9.78. The van der Waals surface area contributed by atoms with Crippen molar-refractivity contribution in [1.82, 2.24) is 0 Å². The zero-order valence-corrected chi connectivity index (χ0v) is 16.0. The highest BCUT2D eigenvalue weighted by Gasteiger charge is 2.87. The molecule has 1 aromatic heterocycles. The van der Waals surface area contributed by atoms with E-state index in [4.69, 9.17) is 4.42 Å². The minimum absolute atomic E-state index is 0.0422. The molecule has 2 unspecified atom stereocenters. The van der Waals surface area contributed by atoms with Gasteiger partial charge in [-0.15, -0.1) is 0 Å². The Balaban J connectivity index is 2.06. The zero-order valence-electron chi connectivity index (χ0n) is 16.0. The minimum atomic E-state index is -1.16. The highest BCUT2D eigenvalue weighted by molar-refractivity contribution is 6.05. The molecule has 1 heterocycles. The maximum Gasteiger partial charge on any atom is 0.311 e. The van der Waals surface area contributed by atoms with Gasteiger partial charge in [-0.25, -0.2) is 0 Å². The van der Waals surface area contributed by atoms with Crippen LogP contribution in [0.2, 0.25) is 0 Å². The van der Waals surface area contributed by atoms with Crippen LogP contribution in [-0.4, -0.2) is 16.9 Å². The van der Waals surface area contributed by atoms with Crippen molar-refractivity contribution >= 4 is 11.8 Å². The van der Waals surface area contributed by atoms with E-state index in [-0.39, 0.29) is 11.7 Å². The van der Waals surface area contributed by atoms with Gasteiger partial charge in [0.1, 0.15) is 11.5 Å². The van der Waals surface area contributed by atoms with Gasteiger partial charge < -0.3 is 9.52 Å². The number of rotatable bonds is 6. The Morgan fingerprint density at radius 2 is 1.73 bits per heavy atom. The summed E-state index contributed by atoms with van der Waals surface area (Å²) in [4.78, 5) is 25.4. The molecule has 4 nitrogen and oxygen atoms in total. The number of furan rings is 1. The molecule has 2 atom stereocenters. The number of ketones is 1. The third-order valence-corrected chi connectivity index (χ3v) is 6.50. The van der Waals surface area contributed by atoms with Gasteiger partial charge in [-0.05, 0) is 24.0 Å². The Hall–Kier alpha value is -2.36. The first-order valence-electron chi connectivity index (χ1n) is 9.00. The minimum Gasteiger partial charge on any atom is -0.481 e. The largest absolute Gasteiger partial charge is 0.481 e. The van der Waals surface area contributed by atoms with Gasteiger partial charge in [0.2, 0.25) is 0 Å². The van der Waals surface area contributed by atoms with Crippen LogP contribution in [0, 0.1) is 16.7 Å². The summed E-state index contributed by atoms with van der Waals surface area (Å²) in [7, 11) is 0. The number of benzene rings is 1. The number of hydrogen-bond acceptors (Lipinski definition) is 3. The number of carboxylic acids is 1. The van der Waals surface area contributed by atoms with Gasteiger partial charge in [0, 0.05) is 17.9 Å². The molecule has 0 saturated heterocycles. The lowest BCUT2D eigenvalue weighted by Gasteiger charge is -2.21. The summed E-state index contributed by atoms with van der Waals surface area (Å²) in [6.07, 6.45) is 2.19. The highest BCUT2D eigenvalue weighted by Crippen LogP contribution is 2.79. The topological polar surface area (TPSA) is 67.5 Å². The molecule has 138 valence electrons. The van der Waals surface area contributed by atoms with Gasteiger partial charge in [-0.1, -0.05) is 58.0 Å². The van der Waals surface area contributed by atoms with E-state index in [1.165, 1.54) is 0 Å². The summed E-state index contributed by atoms with van der Waals surface area (Å²) in [6.45, 7) is 9.06. The summed E-state index contributed by atoms with van der Waals surface area (Å²) in [5.41, 5.74) is -1.14. The SMILES string of the molecule is CC(C)C(=O)C1(c2coc(Cc3ccccc3)c2)C(C)(C)C1(C)C(=O)O. The third-order valence-electron chi connectivity index (χ3n) is 6.50. The molecule has 4 heteroatoms. The van der Waals surface area contributed by atoms with Crippen LogP contribution in [0.1, 0.15) is 51.5 Å². The second kappa shape index (κ2) is 5.83. The number of carboxylic acid groups (broad SMARTS) is 1. The molecule has 26 heavy (non-hydrogen) atoms. The van der Waals surface area contributed by atoms with Gasteiger partial charge in [0.25, 0.3) is 0 Å². The van der Waals surface area contributed by atoms with Gasteiger partial charge in [0.05, 0.1) is 17.1 Å². The van der Waals surface area contributed by atoms with Crippen molar-refractivity contribution in [3.63, 3.8) is 0 Å². The quantitative estimate of drug-likeness (QED) is 0.831. The van der Waals surface area contributed by atoms with E-state index in [1.807, 2.05) is 64.1 Å². The van der Waals surface area contributed by atoms with Crippen LogP contribution in [0.4, 0.5) is 0 Å². The molecular formula is C22H26O4. The lowest BCUT2D eigenvalue weighted by molar-refractivity contribution is -0.146. The molecule has 1 fully saturated rings. The van der Waals surface area contributed by atoms with Crippen LogP contribution in [-0.2, 0) is 21.4 Å². The molecule has 1 aliphatic carbocycles. The summed E-state index contributed by atoms with van der Waals surface area (Å²) < 4.78 is 5.75. The maximum absolute atomic E-state index is 13.2. The van der Waals surface area contributed by atoms with E-state index >= 15 is 0 Å². The molecule has 1 aliphatic rings. The first-order valence-corrected chi connectivity index (χ1v) is 9.00. The molecule has 0 spiro atoms. The van der Waals surface area contributed by atoms with Crippen LogP contribution < -0.4 is 0 Å². The van der Waals surface area contributed by atoms with Crippen LogP contribution >= 0.6 is 0 Å². The van der Waals surface area contributed by atoms with Crippen molar-refractivity contribution < 1.29 is 19.1 Å². The predicted octanol–water partition coefficient (Wildman–Crippen LogP) is 4.46. The van der Waals surface area contributed by atoms with Crippen LogP contribution in [0.15, 0.2) is 47.1 Å². The second-order valence-corrected chi connectivity index (χ2v) is 8.29. The van der Waals surface area contributed by atoms with Gasteiger partial charge in [-0.2, -0.15) is 0 Å². The van der Waals surface area contributed by atoms with Gasteiger partial charge in [-0.3, -0.25) is 9.59 Å². The Labute approximate surface area is 154 Å². The van der Waals surface area contributed by atoms with Gasteiger partial charge in [0.15, 0.2) is 0 Å². The fraction of sp³-hybridized carbons (Fsp3) is 0.455. The molecule has 3 rings (SSSR count). The van der Waals surface area contributed by atoms with Crippen LogP contribution in [0.5, 0.6) is 0 Å². The molecule has 1 aromatic carbocycles. The molecule has 0 bridgehead atoms. The van der Waals surface area contributed by atoms with E-state index in [2.05, 4.69) is 0 Å². The van der Waals surface area contributed by atoms with Crippen molar-refractivity contribution in [2.75, 3.05) is 0 Å². The third kappa shape index (κ3) is 2.14. The van der Waals surface area contributed by atoms with E-state index in [9.17, 15) is 14.7 Å². The van der Waals surface area contributed by atoms with Crippen molar-refractivity contribution in [3.8, 4) is 0 Å². The Bertz CT molecular complexity index is 846. The van der Waals surface area contributed by atoms with E-state index < -0.39 is 22.2 Å². The fourth-order valence-corrected chi connectivity index (χ4v) is 4.77. The van der Waals surface area contributed by atoms with Crippen LogP contribution in [0.25, 0.3) is 0 Å². The average Bonchev–Trinajstić information content (AvgIpc) is 2.89. The predicted molar refractivity (Wildman–Crippen MR) is 99.0 cm³/mol. The molecule has 0 radical (unpaired) electrons. The van der Waals surface area contributed by atoms with E-state index in [0.29, 0.717) is 12.0 Å². The first kappa shape index (κ1) is 18.4. The summed E-state index contributed by atoms with van der Waals surface area (Å²) in [6, 6.07) is 11.8. The smallest absolute Gasteiger partial charge is 0.311 e. The highest BCUT2D eigenvalue weighted by atomic mass is 16.4. The van der Waals surface area contributed by atoms with Crippen molar-refractivity contribution in [2.24, 2.45) is 16.7 Å². The molecule has 0 aliphatic heterocycles. The second-order valence-electron chi connectivity index (χ2n) is 8.29. The first-order chi connectivity index (χ1) is 12.1. The standard InChI is InChI=1S/C22H26O4/c1-14(2)18(23)22(20(3,4)21(22,5)19(24)25)16-12-17(26-13-16)11-15-9-7-6-8-10-15/h6-10,12-14H,11H2,1-5H3,(H,24,25). The number of carbonyl (C=O) groups excluding carboxylic acids is 1. The average molecular weight is 354 g/mol. The number of aliphatic carboxylic acids is 1.